The van der Waals surface area contributed by atoms with Gasteiger partial charge < -0.3 is 14.6 Å². The van der Waals surface area contributed by atoms with Gasteiger partial charge in [0.25, 0.3) is 0 Å². The molecule has 0 saturated carbocycles. The third-order valence-electron chi connectivity index (χ3n) is 4.55. The van der Waals surface area contributed by atoms with Gasteiger partial charge in [0.15, 0.2) is 5.82 Å². The van der Waals surface area contributed by atoms with Crippen molar-refractivity contribution in [2.45, 2.75) is 13.8 Å². The van der Waals surface area contributed by atoms with Crippen LogP contribution in [0, 0.1) is 6.92 Å². The molecule has 0 bridgehead atoms. The summed E-state index contributed by atoms with van der Waals surface area (Å²) in [7, 11) is 1.65. The Labute approximate surface area is 167 Å². The van der Waals surface area contributed by atoms with Crippen LogP contribution in [0.1, 0.15) is 12.5 Å². The van der Waals surface area contributed by atoms with E-state index in [1.165, 1.54) is 13.3 Å². The molecule has 29 heavy (non-hydrogen) atoms. The van der Waals surface area contributed by atoms with E-state index < -0.39 is 0 Å². The fraction of sp³-hybridized carbons (Fsp3) is 0.143. The molecule has 3 aromatic heterocycles. The van der Waals surface area contributed by atoms with Crippen molar-refractivity contribution in [2.75, 3.05) is 12.4 Å². The Kier molecular flexibility index (Phi) is 4.82. The zero-order valence-electron chi connectivity index (χ0n) is 16.3. The molecule has 1 aromatic carbocycles. The lowest BCUT2D eigenvalue weighted by Gasteiger charge is -2.10. The van der Waals surface area contributed by atoms with Crippen LogP contribution in [0.4, 0.5) is 5.82 Å². The SMILES string of the molecule is COc1ccccc1-c1cn(-c2cc(NC(C)=O)ncc2C)cc1-c1ncn[nH]1. The lowest BCUT2D eigenvalue weighted by Crippen LogP contribution is -2.08. The van der Waals surface area contributed by atoms with Gasteiger partial charge in [0.2, 0.25) is 5.91 Å². The fourth-order valence-electron chi connectivity index (χ4n) is 3.24. The molecule has 3 heterocycles. The highest BCUT2D eigenvalue weighted by Gasteiger charge is 2.18. The van der Waals surface area contributed by atoms with Gasteiger partial charge in [0.05, 0.1) is 12.8 Å². The molecular formula is C21H20N6O2. The topological polar surface area (TPSA) is 97.7 Å². The standard InChI is InChI=1S/C21H20N6O2/c1-13-9-22-20(25-14(2)28)8-18(13)27-10-16(15-6-4-5-7-19(15)29-3)17(11-27)21-23-12-24-26-21/h4-12H,1-3H3,(H,22,25,28)(H,23,24,26). The Morgan fingerprint density at radius 3 is 2.66 bits per heavy atom. The second-order valence-corrected chi connectivity index (χ2v) is 6.56. The first-order valence-electron chi connectivity index (χ1n) is 9.02. The number of anilines is 1. The Balaban J connectivity index is 1.90. The normalized spacial score (nSPS) is 10.7. The number of aryl methyl sites for hydroxylation is 1. The maximum atomic E-state index is 11.4. The number of hydrogen-bond acceptors (Lipinski definition) is 5. The maximum Gasteiger partial charge on any atom is 0.222 e. The van der Waals surface area contributed by atoms with Gasteiger partial charge in [0.1, 0.15) is 17.9 Å². The molecule has 0 fully saturated rings. The molecule has 8 heteroatoms. The molecule has 146 valence electrons. The number of pyridine rings is 1. The third-order valence-corrected chi connectivity index (χ3v) is 4.55. The quantitative estimate of drug-likeness (QED) is 0.544. The highest BCUT2D eigenvalue weighted by atomic mass is 16.5. The molecule has 2 N–H and O–H groups in total. The number of aromatic amines is 1. The predicted octanol–water partition coefficient (Wildman–Crippen LogP) is 3.60. The number of benzene rings is 1. The van der Waals surface area contributed by atoms with E-state index in [1.54, 1.807) is 13.3 Å². The number of para-hydroxylation sites is 1. The minimum atomic E-state index is -0.170. The molecule has 0 radical (unpaired) electrons. The van der Waals surface area contributed by atoms with Gasteiger partial charge in [-0.3, -0.25) is 9.89 Å². The first-order valence-corrected chi connectivity index (χ1v) is 9.02. The number of carbonyl (C=O) groups is 1. The molecular weight excluding hydrogens is 368 g/mol. The lowest BCUT2D eigenvalue weighted by atomic mass is 10.0. The van der Waals surface area contributed by atoms with Crippen LogP contribution in [0.2, 0.25) is 0 Å². The van der Waals surface area contributed by atoms with Crippen molar-refractivity contribution in [1.29, 1.82) is 0 Å². The Hall–Kier alpha value is -3.94. The first-order chi connectivity index (χ1) is 14.1. The summed E-state index contributed by atoms with van der Waals surface area (Å²) in [5.41, 5.74) is 4.62. The average molecular weight is 388 g/mol. The van der Waals surface area contributed by atoms with Gasteiger partial charge in [-0.2, -0.15) is 5.10 Å². The van der Waals surface area contributed by atoms with Crippen LogP contribution in [-0.2, 0) is 4.79 Å². The van der Waals surface area contributed by atoms with Crippen LogP contribution in [-0.4, -0.2) is 37.7 Å². The predicted molar refractivity (Wildman–Crippen MR) is 110 cm³/mol. The second-order valence-electron chi connectivity index (χ2n) is 6.56. The van der Waals surface area contributed by atoms with Crippen molar-refractivity contribution in [2.24, 2.45) is 0 Å². The summed E-state index contributed by atoms with van der Waals surface area (Å²) in [4.78, 5) is 20.0. The highest BCUT2D eigenvalue weighted by molar-refractivity contribution is 5.88. The summed E-state index contributed by atoms with van der Waals surface area (Å²) >= 11 is 0. The Morgan fingerprint density at radius 1 is 1.14 bits per heavy atom. The molecule has 8 nitrogen and oxygen atoms in total. The summed E-state index contributed by atoms with van der Waals surface area (Å²) in [6, 6.07) is 9.66. The smallest absolute Gasteiger partial charge is 0.222 e. The third kappa shape index (κ3) is 3.60. The molecule has 1 amide bonds. The monoisotopic (exact) mass is 388 g/mol. The van der Waals surface area contributed by atoms with E-state index in [0.29, 0.717) is 11.6 Å². The van der Waals surface area contributed by atoms with E-state index in [9.17, 15) is 4.79 Å². The molecule has 4 aromatic rings. The summed E-state index contributed by atoms with van der Waals surface area (Å²) < 4.78 is 7.55. The molecule has 0 spiro atoms. The Morgan fingerprint density at radius 2 is 1.93 bits per heavy atom. The van der Waals surface area contributed by atoms with Crippen LogP contribution < -0.4 is 10.1 Å². The average Bonchev–Trinajstić information content (AvgIpc) is 3.38. The number of rotatable bonds is 5. The number of H-pyrrole nitrogens is 1. The van der Waals surface area contributed by atoms with E-state index in [-0.39, 0.29) is 5.91 Å². The van der Waals surface area contributed by atoms with Crippen molar-refractivity contribution >= 4 is 11.7 Å². The maximum absolute atomic E-state index is 11.4. The number of hydrogen-bond donors (Lipinski definition) is 2. The van der Waals surface area contributed by atoms with E-state index >= 15 is 0 Å². The van der Waals surface area contributed by atoms with E-state index in [2.05, 4.69) is 25.5 Å². The Bertz CT molecular complexity index is 1160. The number of ether oxygens (including phenoxy) is 1. The van der Waals surface area contributed by atoms with Gasteiger partial charge in [0, 0.05) is 48.3 Å². The van der Waals surface area contributed by atoms with E-state index in [1.807, 2.05) is 54.2 Å². The number of nitrogens with zero attached hydrogens (tertiary/aromatic N) is 4. The van der Waals surface area contributed by atoms with Gasteiger partial charge in [-0.25, -0.2) is 9.97 Å². The molecule has 4 rings (SSSR count). The van der Waals surface area contributed by atoms with Gasteiger partial charge in [-0.15, -0.1) is 0 Å². The molecule has 0 atom stereocenters. The minimum Gasteiger partial charge on any atom is -0.496 e. The minimum absolute atomic E-state index is 0.170. The van der Waals surface area contributed by atoms with Gasteiger partial charge in [-0.1, -0.05) is 18.2 Å². The number of aromatic nitrogens is 5. The van der Waals surface area contributed by atoms with Crippen LogP contribution >= 0.6 is 0 Å². The van der Waals surface area contributed by atoms with Crippen LogP contribution in [0.3, 0.4) is 0 Å². The van der Waals surface area contributed by atoms with Crippen molar-refractivity contribution < 1.29 is 9.53 Å². The number of nitrogens with one attached hydrogen (secondary N) is 2. The summed E-state index contributed by atoms with van der Waals surface area (Å²) in [5, 5.41) is 9.65. The van der Waals surface area contributed by atoms with Crippen molar-refractivity contribution in [3.63, 3.8) is 0 Å². The van der Waals surface area contributed by atoms with Crippen molar-refractivity contribution in [1.82, 2.24) is 24.7 Å². The molecule has 0 saturated heterocycles. The fourth-order valence-corrected chi connectivity index (χ4v) is 3.24. The van der Waals surface area contributed by atoms with Gasteiger partial charge >= 0.3 is 0 Å². The molecule has 0 aliphatic heterocycles. The molecule has 0 aliphatic carbocycles. The van der Waals surface area contributed by atoms with Crippen LogP contribution in [0.5, 0.6) is 5.75 Å². The van der Waals surface area contributed by atoms with Gasteiger partial charge in [-0.05, 0) is 18.6 Å². The molecule has 0 unspecified atom stereocenters. The van der Waals surface area contributed by atoms with E-state index in [4.69, 9.17) is 4.74 Å². The number of amides is 1. The zero-order chi connectivity index (χ0) is 20.4. The summed E-state index contributed by atoms with van der Waals surface area (Å²) in [5.74, 6) is 1.73. The molecule has 0 aliphatic rings. The van der Waals surface area contributed by atoms with Crippen molar-refractivity contribution in [3.05, 3.63) is 60.8 Å². The van der Waals surface area contributed by atoms with Crippen LogP contribution in [0.15, 0.2) is 55.2 Å². The summed E-state index contributed by atoms with van der Waals surface area (Å²) in [6.07, 6.45) is 7.19. The first kappa shape index (κ1) is 18.4. The number of carbonyl (C=O) groups excluding carboxylic acids is 1. The van der Waals surface area contributed by atoms with Crippen LogP contribution in [0.25, 0.3) is 28.2 Å². The van der Waals surface area contributed by atoms with E-state index in [0.717, 1.165) is 33.7 Å². The van der Waals surface area contributed by atoms with Crippen molar-refractivity contribution in [3.8, 4) is 34.0 Å². The number of methoxy groups -OCH3 is 1. The lowest BCUT2D eigenvalue weighted by molar-refractivity contribution is -0.114. The summed E-state index contributed by atoms with van der Waals surface area (Å²) in [6.45, 7) is 3.43. The highest BCUT2D eigenvalue weighted by Crippen LogP contribution is 2.38. The largest absolute Gasteiger partial charge is 0.496 e. The zero-order valence-corrected chi connectivity index (χ0v) is 16.3. The second kappa shape index (κ2) is 7.59.